The van der Waals surface area contributed by atoms with Crippen molar-refractivity contribution in [2.45, 2.75) is 12.3 Å². The van der Waals surface area contributed by atoms with Crippen LogP contribution in [0.1, 0.15) is 22.8 Å². The molecule has 2 aromatic rings. The number of benzene rings is 1. The zero-order chi connectivity index (χ0) is 14.2. The van der Waals surface area contributed by atoms with E-state index in [0.717, 1.165) is 12.1 Å². The van der Waals surface area contributed by atoms with Crippen LogP contribution in [-0.4, -0.2) is 5.11 Å². The van der Waals surface area contributed by atoms with Gasteiger partial charge in [0.1, 0.15) is 6.10 Å². The number of halogens is 5. The number of thiophene rings is 1. The molecule has 0 aliphatic rings. The van der Waals surface area contributed by atoms with Crippen molar-refractivity contribution in [2.24, 2.45) is 0 Å². The first kappa shape index (κ1) is 15.0. The van der Waals surface area contributed by atoms with Gasteiger partial charge in [0.15, 0.2) is 0 Å². The lowest BCUT2D eigenvalue weighted by Gasteiger charge is -2.15. The summed E-state index contributed by atoms with van der Waals surface area (Å²) in [5.41, 5.74) is -0.0462. The third-order valence-electron chi connectivity index (χ3n) is 2.55. The highest BCUT2D eigenvalue weighted by Crippen LogP contribution is 2.38. The lowest BCUT2D eigenvalue weighted by molar-refractivity contribution is -0.137. The van der Waals surface area contributed by atoms with Gasteiger partial charge in [0.25, 0.3) is 0 Å². The first-order valence-corrected chi connectivity index (χ1v) is 7.60. The lowest BCUT2D eigenvalue weighted by atomic mass is 10.0. The van der Waals surface area contributed by atoms with E-state index in [1.807, 2.05) is 0 Å². The van der Waals surface area contributed by atoms with Crippen LogP contribution in [-0.2, 0) is 6.18 Å². The molecule has 0 aliphatic heterocycles. The van der Waals surface area contributed by atoms with Crippen molar-refractivity contribution in [3.63, 3.8) is 0 Å². The Morgan fingerprint density at radius 1 is 1.05 bits per heavy atom. The molecule has 0 saturated heterocycles. The highest BCUT2D eigenvalue weighted by molar-refractivity contribution is 9.10. The van der Waals surface area contributed by atoms with E-state index in [1.54, 1.807) is 10.8 Å². The molecule has 1 unspecified atom stereocenters. The molecule has 1 nitrogen and oxygen atoms in total. The van der Waals surface area contributed by atoms with E-state index in [1.165, 1.54) is 17.4 Å². The maximum absolute atomic E-state index is 12.7. The van der Waals surface area contributed by atoms with Gasteiger partial charge in [-0.25, -0.2) is 0 Å². The first-order valence-electron chi connectivity index (χ1n) is 5.07. The standard InChI is InChI=1S/C12H7Br2F3OS/c13-9-2-1-6(12(15,16)17)3-7(9)11(18)8-4-19-5-10(8)14/h1-5,11,18H. The fraction of sp³-hybridized carbons (Fsp3) is 0.167. The molecule has 19 heavy (non-hydrogen) atoms. The summed E-state index contributed by atoms with van der Waals surface area (Å²) in [4.78, 5) is 0. The quantitative estimate of drug-likeness (QED) is 0.698. The molecule has 0 aliphatic carbocycles. The van der Waals surface area contributed by atoms with E-state index < -0.39 is 17.8 Å². The minimum atomic E-state index is -4.43. The Morgan fingerprint density at radius 3 is 2.26 bits per heavy atom. The lowest BCUT2D eigenvalue weighted by Crippen LogP contribution is -2.08. The SMILES string of the molecule is OC(c1cscc1Br)c1cc(C(F)(F)F)ccc1Br. The number of aliphatic hydroxyl groups excluding tert-OH is 1. The Kier molecular flexibility index (Phi) is 4.39. The fourth-order valence-electron chi connectivity index (χ4n) is 1.58. The molecule has 1 aromatic carbocycles. The van der Waals surface area contributed by atoms with E-state index >= 15 is 0 Å². The second-order valence-electron chi connectivity index (χ2n) is 3.81. The minimum absolute atomic E-state index is 0.189. The average molecular weight is 416 g/mol. The molecule has 102 valence electrons. The molecule has 0 bridgehead atoms. The molecule has 1 N–H and O–H groups in total. The van der Waals surface area contributed by atoms with Gasteiger partial charge in [-0.05, 0) is 45.1 Å². The molecule has 2 rings (SSSR count). The average Bonchev–Trinajstić information content (AvgIpc) is 2.73. The van der Waals surface area contributed by atoms with Gasteiger partial charge in [-0.15, -0.1) is 0 Å². The topological polar surface area (TPSA) is 20.2 Å². The van der Waals surface area contributed by atoms with Crippen molar-refractivity contribution in [1.29, 1.82) is 0 Å². The van der Waals surface area contributed by atoms with Crippen LogP contribution in [0.2, 0.25) is 0 Å². The van der Waals surface area contributed by atoms with Gasteiger partial charge in [-0.2, -0.15) is 24.5 Å². The van der Waals surface area contributed by atoms with Crippen molar-refractivity contribution in [1.82, 2.24) is 0 Å². The predicted molar refractivity (Wildman–Crippen MR) is 75.2 cm³/mol. The van der Waals surface area contributed by atoms with Crippen LogP contribution >= 0.6 is 43.2 Å². The maximum Gasteiger partial charge on any atom is 0.416 e. The van der Waals surface area contributed by atoms with Crippen molar-refractivity contribution in [3.8, 4) is 0 Å². The van der Waals surface area contributed by atoms with Gasteiger partial charge < -0.3 is 5.11 Å². The van der Waals surface area contributed by atoms with Crippen molar-refractivity contribution < 1.29 is 18.3 Å². The van der Waals surface area contributed by atoms with Gasteiger partial charge in [0.2, 0.25) is 0 Å². The Hall–Kier alpha value is -0.370. The van der Waals surface area contributed by atoms with Crippen LogP contribution in [0, 0.1) is 0 Å². The molecular weight excluding hydrogens is 409 g/mol. The summed E-state index contributed by atoms with van der Waals surface area (Å²) in [6.07, 6.45) is -5.54. The van der Waals surface area contributed by atoms with Gasteiger partial charge >= 0.3 is 6.18 Å². The van der Waals surface area contributed by atoms with Gasteiger partial charge in [0.05, 0.1) is 5.56 Å². The molecule has 0 fully saturated rings. The molecule has 0 spiro atoms. The van der Waals surface area contributed by atoms with Crippen LogP contribution in [0.15, 0.2) is 37.9 Å². The normalized spacial score (nSPS) is 13.6. The third-order valence-corrected chi connectivity index (χ3v) is 5.03. The van der Waals surface area contributed by atoms with Gasteiger partial charge in [-0.1, -0.05) is 15.9 Å². The molecule has 1 aromatic heterocycles. The molecule has 7 heteroatoms. The van der Waals surface area contributed by atoms with E-state index in [-0.39, 0.29) is 5.56 Å². The summed E-state index contributed by atoms with van der Waals surface area (Å²) in [6, 6.07) is 3.23. The Morgan fingerprint density at radius 2 is 1.74 bits per heavy atom. The van der Waals surface area contributed by atoms with E-state index in [2.05, 4.69) is 31.9 Å². The van der Waals surface area contributed by atoms with E-state index in [0.29, 0.717) is 14.5 Å². The van der Waals surface area contributed by atoms with Gasteiger partial charge in [0, 0.05) is 19.9 Å². The third kappa shape index (κ3) is 3.21. The summed E-state index contributed by atoms with van der Waals surface area (Å²) < 4.78 is 39.2. The summed E-state index contributed by atoms with van der Waals surface area (Å²) in [6.45, 7) is 0. The summed E-state index contributed by atoms with van der Waals surface area (Å²) in [5, 5.41) is 13.7. The van der Waals surface area contributed by atoms with Crippen LogP contribution in [0.3, 0.4) is 0 Å². The largest absolute Gasteiger partial charge is 0.416 e. The summed E-state index contributed by atoms with van der Waals surface area (Å²) in [5.74, 6) is 0. The second-order valence-corrected chi connectivity index (χ2v) is 6.26. The first-order chi connectivity index (χ1) is 8.80. The molecule has 0 radical (unpaired) electrons. The number of hydrogen-bond donors (Lipinski definition) is 1. The summed E-state index contributed by atoms with van der Waals surface area (Å²) in [7, 11) is 0. The van der Waals surface area contributed by atoms with Crippen LogP contribution in [0.25, 0.3) is 0 Å². The molecule has 0 amide bonds. The maximum atomic E-state index is 12.7. The Bertz CT molecular complexity index is 595. The van der Waals surface area contributed by atoms with Gasteiger partial charge in [-0.3, -0.25) is 0 Å². The Balaban J connectivity index is 2.47. The van der Waals surface area contributed by atoms with Crippen LogP contribution < -0.4 is 0 Å². The minimum Gasteiger partial charge on any atom is -0.384 e. The number of hydrogen-bond acceptors (Lipinski definition) is 2. The molecule has 0 saturated carbocycles. The number of aliphatic hydroxyl groups is 1. The monoisotopic (exact) mass is 414 g/mol. The van der Waals surface area contributed by atoms with Crippen molar-refractivity contribution in [3.05, 3.63) is 54.6 Å². The van der Waals surface area contributed by atoms with Crippen molar-refractivity contribution in [2.75, 3.05) is 0 Å². The highest BCUT2D eigenvalue weighted by atomic mass is 79.9. The molecular formula is C12H7Br2F3OS. The zero-order valence-electron chi connectivity index (χ0n) is 9.21. The summed E-state index contributed by atoms with van der Waals surface area (Å²) >= 11 is 7.79. The van der Waals surface area contributed by atoms with E-state index in [4.69, 9.17) is 0 Å². The molecule has 1 atom stereocenters. The van der Waals surface area contributed by atoms with E-state index in [9.17, 15) is 18.3 Å². The van der Waals surface area contributed by atoms with Crippen LogP contribution in [0.4, 0.5) is 13.2 Å². The number of alkyl halides is 3. The molecule has 1 heterocycles. The smallest absolute Gasteiger partial charge is 0.384 e. The van der Waals surface area contributed by atoms with Crippen molar-refractivity contribution >= 4 is 43.2 Å². The highest BCUT2D eigenvalue weighted by Gasteiger charge is 2.32. The number of rotatable bonds is 2. The predicted octanol–water partition coefficient (Wildman–Crippen LogP) is 5.37. The fourth-order valence-corrected chi connectivity index (χ4v) is 3.58. The second kappa shape index (κ2) is 5.55. The Labute approximate surface area is 128 Å². The zero-order valence-corrected chi connectivity index (χ0v) is 13.2. The van der Waals surface area contributed by atoms with Crippen LogP contribution in [0.5, 0.6) is 0 Å².